The predicted octanol–water partition coefficient (Wildman–Crippen LogP) is 1.14. The van der Waals surface area contributed by atoms with Crippen LogP contribution in [0, 0.1) is 0 Å². The fraction of sp³-hybridized carbons (Fsp3) is 0.818. The van der Waals surface area contributed by atoms with Crippen LogP contribution in [0.3, 0.4) is 0 Å². The molecule has 1 heterocycles. The SMILES string of the molecule is C=CCCCC(NN)C1CCCCS1(=O)=O. The van der Waals surface area contributed by atoms with Gasteiger partial charge in [-0.25, -0.2) is 8.42 Å². The van der Waals surface area contributed by atoms with Gasteiger partial charge in [0.05, 0.1) is 11.0 Å². The third-order valence-electron chi connectivity index (χ3n) is 3.22. The van der Waals surface area contributed by atoms with Crippen molar-refractivity contribution in [2.24, 2.45) is 5.84 Å². The summed E-state index contributed by atoms with van der Waals surface area (Å²) in [5.41, 5.74) is 2.67. The average molecular weight is 246 g/mol. The minimum atomic E-state index is -2.94. The molecule has 16 heavy (non-hydrogen) atoms. The first-order chi connectivity index (χ1) is 7.61. The number of hydrazine groups is 1. The van der Waals surface area contributed by atoms with E-state index in [0.717, 1.165) is 38.5 Å². The number of allylic oxidation sites excluding steroid dienone is 1. The van der Waals surface area contributed by atoms with Crippen molar-refractivity contribution in [2.75, 3.05) is 5.75 Å². The predicted molar refractivity (Wildman–Crippen MR) is 66.6 cm³/mol. The van der Waals surface area contributed by atoms with Gasteiger partial charge in [0.15, 0.2) is 9.84 Å². The van der Waals surface area contributed by atoms with E-state index in [1.54, 1.807) is 0 Å². The Hall–Kier alpha value is -0.390. The third-order valence-corrected chi connectivity index (χ3v) is 5.56. The van der Waals surface area contributed by atoms with Gasteiger partial charge in [-0.1, -0.05) is 12.5 Å². The minimum absolute atomic E-state index is 0.106. The number of unbranched alkanes of at least 4 members (excludes halogenated alkanes) is 1. The summed E-state index contributed by atoms with van der Waals surface area (Å²) in [4.78, 5) is 0. The van der Waals surface area contributed by atoms with Gasteiger partial charge in [0, 0.05) is 6.04 Å². The molecule has 0 aromatic rings. The Morgan fingerprint density at radius 1 is 1.50 bits per heavy atom. The zero-order chi connectivity index (χ0) is 12.0. The number of sulfone groups is 1. The number of hydrogen-bond acceptors (Lipinski definition) is 4. The van der Waals surface area contributed by atoms with Gasteiger partial charge in [0.2, 0.25) is 0 Å². The molecule has 4 nitrogen and oxygen atoms in total. The molecular formula is C11H22N2O2S. The molecule has 0 aromatic heterocycles. The lowest BCUT2D eigenvalue weighted by molar-refractivity contribution is 0.416. The molecule has 0 amide bonds. The fourth-order valence-corrected chi connectivity index (χ4v) is 4.44. The summed E-state index contributed by atoms with van der Waals surface area (Å²) < 4.78 is 23.8. The van der Waals surface area contributed by atoms with Crippen molar-refractivity contribution >= 4 is 9.84 Å². The van der Waals surface area contributed by atoms with Crippen LogP contribution in [0.25, 0.3) is 0 Å². The van der Waals surface area contributed by atoms with E-state index in [2.05, 4.69) is 12.0 Å². The monoisotopic (exact) mass is 246 g/mol. The van der Waals surface area contributed by atoms with E-state index in [-0.39, 0.29) is 11.3 Å². The van der Waals surface area contributed by atoms with Crippen LogP contribution in [0.1, 0.15) is 38.5 Å². The topological polar surface area (TPSA) is 72.2 Å². The highest BCUT2D eigenvalue weighted by molar-refractivity contribution is 7.92. The molecule has 0 aromatic carbocycles. The van der Waals surface area contributed by atoms with Gasteiger partial charge < -0.3 is 0 Å². The molecule has 0 saturated carbocycles. The summed E-state index contributed by atoms with van der Waals surface area (Å²) in [6, 6.07) is -0.106. The van der Waals surface area contributed by atoms with Gasteiger partial charge in [-0.05, 0) is 32.1 Å². The first kappa shape index (κ1) is 13.7. The van der Waals surface area contributed by atoms with E-state index in [9.17, 15) is 8.42 Å². The Bertz CT molecular complexity index is 314. The van der Waals surface area contributed by atoms with Crippen molar-refractivity contribution in [3.63, 3.8) is 0 Å². The molecule has 1 fully saturated rings. The molecule has 0 spiro atoms. The van der Waals surface area contributed by atoms with E-state index >= 15 is 0 Å². The number of rotatable bonds is 6. The van der Waals surface area contributed by atoms with Crippen molar-refractivity contribution in [3.05, 3.63) is 12.7 Å². The summed E-state index contributed by atoms with van der Waals surface area (Å²) in [5, 5.41) is -0.295. The quantitative estimate of drug-likeness (QED) is 0.319. The molecule has 3 N–H and O–H groups in total. The van der Waals surface area contributed by atoms with E-state index in [4.69, 9.17) is 5.84 Å². The van der Waals surface area contributed by atoms with Crippen molar-refractivity contribution in [1.29, 1.82) is 0 Å². The maximum absolute atomic E-state index is 11.9. The van der Waals surface area contributed by atoms with Crippen molar-refractivity contribution in [2.45, 2.75) is 49.8 Å². The molecule has 0 bridgehead atoms. The van der Waals surface area contributed by atoms with Crippen LogP contribution < -0.4 is 11.3 Å². The van der Waals surface area contributed by atoms with Crippen LogP contribution in [-0.4, -0.2) is 25.5 Å². The minimum Gasteiger partial charge on any atom is -0.271 e. The molecule has 0 aliphatic carbocycles. The Kier molecular flexibility index (Phi) is 5.44. The Balaban J connectivity index is 2.59. The standard InChI is InChI=1S/C11H22N2O2S/c1-2-3-4-7-10(13-12)11-8-5-6-9-16(11,14)15/h2,10-11,13H,1,3-9,12H2. The molecule has 0 radical (unpaired) electrons. The van der Waals surface area contributed by atoms with E-state index in [1.807, 2.05) is 6.08 Å². The number of hydrogen-bond donors (Lipinski definition) is 2. The summed E-state index contributed by atoms with van der Waals surface area (Å²) in [5.74, 6) is 5.78. The lowest BCUT2D eigenvalue weighted by atomic mass is 10.0. The van der Waals surface area contributed by atoms with Crippen molar-refractivity contribution in [1.82, 2.24) is 5.43 Å². The van der Waals surface area contributed by atoms with Crippen LogP contribution in [0.4, 0.5) is 0 Å². The summed E-state index contributed by atoms with van der Waals surface area (Å²) in [6.07, 6.45) is 7.02. The maximum Gasteiger partial charge on any atom is 0.154 e. The van der Waals surface area contributed by atoms with Crippen LogP contribution in [0.5, 0.6) is 0 Å². The highest BCUT2D eigenvalue weighted by Gasteiger charge is 2.34. The van der Waals surface area contributed by atoms with Gasteiger partial charge in [0.1, 0.15) is 0 Å². The van der Waals surface area contributed by atoms with Crippen LogP contribution in [-0.2, 0) is 9.84 Å². The van der Waals surface area contributed by atoms with Gasteiger partial charge in [-0.15, -0.1) is 6.58 Å². The van der Waals surface area contributed by atoms with E-state index < -0.39 is 9.84 Å². The Labute approximate surface area is 98.2 Å². The van der Waals surface area contributed by atoms with E-state index in [1.165, 1.54) is 0 Å². The lowest BCUT2D eigenvalue weighted by Gasteiger charge is -2.29. The third kappa shape index (κ3) is 3.57. The van der Waals surface area contributed by atoms with E-state index in [0.29, 0.717) is 5.75 Å². The highest BCUT2D eigenvalue weighted by Crippen LogP contribution is 2.24. The van der Waals surface area contributed by atoms with Crippen molar-refractivity contribution < 1.29 is 8.42 Å². The molecule has 1 rings (SSSR count). The number of nitrogens with one attached hydrogen (secondary N) is 1. The highest BCUT2D eigenvalue weighted by atomic mass is 32.2. The second-order valence-electron chi connectivity index (χ2n) is 4.39. The van der Waals surface area contributed by atoms with Gasteiger partial charge in [-0.3, -0.25) is 11.3 Å². The molecule has 2 unspecified atom stereocenters. The zero-order valence-electron chi connectivity index (χ0n) is 9.69. The van der Waals surface area contributed by atoms with Gasteiger partial charge >= 0.3 is 0 Å². The summed E-state index contributed by atoms with van der Waals surface area (Å²) in [6.45, 7) is 3.65. The fourth-order valence-electron chi connectivity index (χ4n) is 2.29. The molecule has 2 atom stereocenters. The number of nitrogens with two attached hydrogens (primary N) is 1. The second-order valence-corrected chi connectivity index (χ2v) is 6.73. The lowest BCUT2D eigenvalue weighted by Crippen LogP contribution is -2.49. The average Bonchev–Trinajstić information content (AvgIpc) is 2.25. The smallest absolute Gasteiger partial charge is 0.154 e. The maximum atomic E-state index is 11.9. The summed E-state index contributed by atoms with van der Waals surface area (Å²) >= 11 is 0. The van der Waals surface area contributed by atoms with Crippen LogP contribution >= 0.6 is 0 Å². The molecule has 1 aliphatic heterocycles. The molecule has 1 saturated heterocycles. The molecular weight excluding hydrogens is 224 g/mol. The second kappa shape index (κ2) is 6.37. The van der Waals surface area contributed by atoms with Crippen LogP contribution in [0.2, 0.25) is 0 Å². The normalized spacial score (nSPS) is 26.2. The Morgan fingerprint density at radius 3 is 2.81 bits per heavy atom. The first-order valence-corrected chi connectivity index (χ1v) is 7.62. The Morgan fingerprint density at radius 2 is 2.25 bits per heavy atom. The summed E-state index contributed by atoms with van der Waals surface area (Å²) in [7, 11) is -2.94. The zero-order valence-corrected chi connectivity index (χ0v) is 10.5. The molecule has 1 aliphatic rings. The molecule has 5 heteroatoms. The van der Waals surface area contributed by atoms with Gasteiger partial charge in [-0.2, -0.15) is 0 Å². The first-order valence-electron chi connectivity index (χ1n) is 5.90. The van der Waals surface area contributed by atoms with Crippen LogP contribution in [0.15, 0.2) is 12.7 Å². The van der Waals surface area contributed by atoms with Crippen molar-refractivity contribution in [3.8, 4) is 0 Å². The largest absolute Gasteiger partial charge is 0.271 e. The van der Waals surface area contributed by atoms with Gasteiger partial charge in [0.25, 0.3) is 0 Å². The molecule has 94 valence electrons.